The summed E-state index contributed by atoms with van der Waals surface area (Å²) in [5.74, 6) is -0.310. The molecule has 0 spiro atoms. The summed E-state index contributed by atoms with van der Waals surface area (Å²) in [4.78, 5) is 13.0. The second-order valence-electron chi connectivity index (χ2n) is 7.52. The van der Waals surface area contributed by atoms with Gasteiger partial charge in [0.15, 0.2) is 0 Å². The van der Waals surface area contributed by atoms with E-state index in [-0.39, 0.29) is 23.4 Å². The molecule has 5 nitrogen and oxygen atoms in total. The molecule has 1 fully saturated rings. The van der Waals surface area contributed by atoms with E-state index in [1.54, 1.807) is 24.3 Å². The standard InChI is InChI=1S/C22H28N2O3S/c1-17-12-14-20(15-13-17)28(26,27)24(19-9-4-3-5-10-19)16-22(25)23-21-11-7-6-8-18(21)2/h6-8,11-15,19H,3-5,9-10,16H2,1-2H3,(H,23,25). The van der Waals surface area contributed by atoms with Crippen LogP contribution in [0.2, 0.25) is 0 Å². The molecule has 2 aromatic rings. The van der Waals surface area contributed by atoms with E-state index in [1.807, 2.05) is 38.1 Å². The molecule has 1 saturated carbocycles. The zero-order valence-corrected chi connectivity index (χ0v) is 17.3. The quantitative estimate of drug-likeness (QED) is 0.788. The van der Waals surface area contributed by atoms with Gasteiger partial charge in [-0.2, -0.15) is 4.31 Å². The Hall–Kier alpha value is -2.18. The minimum absolute atomic E-state index is 0.136. The molecule has 0 unspecified atom stereocenters. The summed E-state index contributed by atoms with van der Waals surface area (Å²) in [5, 5.41) is 2.87. The van der Waals surface area contributed by atoms with Crippen molar-refractivity contribution in [3.63, 3.8) is 0 Å². The molecule has 0 radical (unpaired) electrons. The number of benzene rings is 2. The lowest BCUT2D eigenvalue weighted by Crippen LogP contribution is -2.45. The Kier molecular flexibility index (Phi) is 6.52. The van der Waals surface area contributed by atoms with E-state index in [0.717, 1.165) is 43.2 Å². The molecule has 1 aliphatic carbocycles. The van der Waals surface area contributed by atoms with Crippen LogP contribution in [0.4, 0.5) is 5.69 Å². The average Bonchev–Trinajstić information content (AvgIpc) is 2.69. The van der Waals surface area contributed by atoms with Crippen LogP contribution in [0, 0.1) is 13.8 Å². The van der Waals surface area contributed by atoms with Gasteiger partial charge in [0, 0.05) is 11.7 Å². The number of para-hydroxylation sites is 1. The highest BCUT2D eigenvalue weighted by Gasteiger charge is 2.34. The molecule has 3 rings (SSSR count). The van der Waals surface area contributed by atoms with E-state index in [4.69, 9.17) is 0 Å². The molecule has 1 amide bonds. The van der Waals surface area contributed by atoms with E-state index in [9.17, 15) is 13.2 Å². The molecular formula is C22H28N2O3S. The summed E-state index contributed by atoms with van der Waals surface area (Å²) >= 11 is 0. The highest BCUT2D eigenvalue weighted by Crippen LogP contribution is 2.28. The minimum Gasteiger partial charge on any atom is -0.325 e. The largest absolute Gasteiger partial charge is 0.325 e. The van der Waals surface area contributed by atoms with Crippen LogP contribution in [0.3, 0.4) is 0 Å². The molecule has 150 valence electrons. The molecule has 0 saturated heterocycles. The van der Waals surface area contributed by atoms with E-state index >= 15 is 0 Å². The third kappa shape index (κ3) is 4.80. The number of hydrogen-bond donors (Lipinski definition) is 1. The number of sulfonamides is 1. The monoisotopic (exact) mass is 400 g/mol. The highest BCUT2D eigenvalue weighted by molar-refractivity contribution is 7.89. The molecule has 6 heteroatoms. The van der Waals surface area contributed by atoms with Gasteiger partial charge in [0.2, 0.25) is 15.9 Å². The second-order valence-corrected chi connectivity index (χ2v) is 9.41. The zero-order chi connectivity index (χ0) is 20.1. The summed E-state index contributed by atoms with van der Waals surface area (Å²) in [5.41, 5.74) is 2.66. The zero-order valence-electron chi connectivity index (χ0n) is 16.5. The van der Waals surface area contributed by atoms with Gasteiger partial charge in [-0.15, -0.1) is 0 Å². The number of rotatable bonds is 6. The van der Waals surface area contributed by atoms with Gasteiger partial charge >= 0.3 is 0 Å². The van der Waals surface area contributed by atoms with E-state index in [1.165, 1.54) is 4.31 Å². The fourth-order valence-corrected chi connectivity index (χ4v) is 5.31. The molecule has 0 aliphatic heterocycles. The SMILES string of the molecule is Cc1ccc(S(=O)(=O)N(CC(=O)Nc2ccccc2C)C2CCCCC2)cc1. The highest BCUT2D eigenvalue weighted by atomic mass is 32.2. The third-order valence-electron chi connectivity index (χ3n) is 5.33. The molecule has 0 atom stereocenters. The first-order valence-corrected chi connectivity index (χ1v) is 11.3. The van der Waals surface area contributed by atoms with E-state index in [2.05, 4.69) is 5.32 Å². The van der Waals surface area contributed by atoms with Gasteiger partial charge in [0.05, 0.1) is 11.4 Å². The van der Waals surface area contributed by atoms with Crippen LogP contribution in [0.25, 0.3) is 0 Å². The molecule has 1 aliphatic rings. The van der Waals surface area contributed by atoms with Crippen molar-refractivity contribution in [1.29, 1.82) is 0 Å². The van der Waals surface area contributed by atoms with Gasteiger partial charge in [-0.05, 0) is 50.5 Å². The third-order valence-corrected chi connectivity index (χ3v) is 7.24. The minimum atomic E-state index is -3.74. The number of nitrogens with one attached hydrogen (secondary N) is 1. The lowest BCUT2D eigenvalue weighted by molar-refractivity contribution is -0.116. The number of amides is 1. The summed E-state index contributed by atoms with van der Waals surface area (Å²) in [6.07, 6.45) is 4.68. The summed E-state index contributed by atoms with van der Waals surface area (Å²) in [6.45, 7) is 3.66. The van der Waals surface area contributed by atoms with Crippen molar-refractivity contribution in [2.24, 2.45) is 0 Å². The number of carbonyl (C=O) groups excluding carboxylic acids is 1. The van der Waals surface area contributed by atoms with Crippen LogP contribution in [-0.4, -0.2) is 31.2 Å². The first-order chi connectivity index (χ1) is 13.4. The molecule has 0 bridgehead atoms. The van der Waals surface area contributed by atoms with Crippen LogP contribution in [-0.2, 0) is 14.8 Å². The first-order valence-electron chi connectivity index (χ1n) is 9.82. The van der Waals surface area contributed by atoms with Crippen LogP contribution in [0.1, 0.15) is 43.2 Å². The maximum atomic E-state index is 13.3. The molecule has 2 aromatic carbocycles. The van der Waals surface area contributed by atoms with Gasteiger partial charge in [-0.3, -0.25) is 4.79 Å². The van der Waals surface area contributed by atoms with Gasteiger partial charge in [-0.25, -0.2) is 8.42 Å². The van der Waals surface area contributed by atoms with E-state index in [0.29, 0.717) is 5.69 Å². The number of aryl methyl sites for hydroxylation is 2. The summed E-state index contributed by atoms with van der Waals surface area (Å²) < 4.78 is 28.1. The van der Waals surface area contributed by atoms with Crippen molar-refractivity contribution >= 4 is 21.6 Å². The maximum Gasteiger partial charge on any atom is 0.243 e. The molecular weight excluding hydrogens is 372 g/mol. The number of anilines is 1. The number of hydrogen-bond acceptors (Lipinski definition) is 3. The molecule has 0 aromatic heterocycles. The molecule has 0 heterocycles. The van der Waals surface area contributed by atoms with E-state index < -0.39 is 10.0 Å². The molecule has 28 heavy (non-hydrogen) atoms. The molecule has 1 N–H and O–H groups in total. The number of carbonyl (C=O) groups is 1. The fraction of sp³-hybridized carbons (Fsp3) is 0.409. The van der Waals surface area contributed by atoms with Gasteiger partial charge in [-0.1, -0.05) is 55.2 Å². The normalized spacial score (nSPS) is 15.5. The maximum absolute atomic E-state index is 13.3. The van der Waals surface area contributed by atoms with Crippen LogP contribution < -0.4 is 5.32 Å². The Morgan fingerprint density at radius 1 is 1.00 bits per heavy atom. The summed E-state index contributed by atoms with van der Waals surface area (Å²) in [6, 6.07) is 14.2. The Morgan fingerprint density at radius 3 is 2.29 bits per heavy atom. The second kappa shape index (κ2) is 8.88. The van der Waals surface area contributed by atoms with Crippen LogP contribution >= 0.6 is 0 Å². The Labute approximate surface area is 167 Å². The lowest BCUT2D eigenvalue weighted by Gasteiger charge is -2.33. The van der Waals surface area contributed by atoms with Crippen molar-refractivity contribution in [3.8, 4) is 0 Å². The van der Waals surface area contributed by atoms with Gasteiger partial charge < -0.3 is 5.32 Å². The first kappa shape index (κ1) is 20.6. The topological polar surface area (TPSA) is 66.5 Å². The van der Waals surface area contributed by atoms with Crippen molar-refractivity contribution < 1.29 is 13.2 Å². The number of nitrogens with zero attached hydrogens (tertiary/aromatic N) is 1. The fourth-order valence-electron chi connectivity index (χ4n) is 3.67. The Balaban J connectivity index is 1.85. The van der Waals surface area contributed by atoms with Crippen LogP contribution in [0.5, 0.6) is 0 Å². The van der Waals surface area contributed by atoms with Crippen LogP contribution in [0.15, 0.2) is 53.4 Å². The van der Waals surface area contributed by atoms with Crippen molar-refractivity contribution in [3.05, 3.63) is 59.7 Å². The van der Waals surface area contributed by atoms with Gasteiger partial charge in [0.1, 0.15) is 0 Å². The smallest absolute Gasteiger partial charge is 0.243 e. The lowest BCUT2D eigenvalue weighted by atomic mass is 9.95. The summed E-state index contributed by atoms with van der Waals surface area (Å²) in [7, 11) is -3.74. The van der Waals surface area contributed by atoms with Gasteiger partial charge in [0.25, 0.3) is 0 Å². The predicted octanol–water partition coefficient (Wildman–Crippen LogP) is 4.27. The van der Waals surface area contributed by atoms with Crippen molar-refractivity contribution in [1.82, 2.24) is 4.31 Å². The average molecular weight is 401 g/mol. The Bertz CT molecular complexity index is 917. The van der Waals surface area contributed by atoms with Crippen molar-refractivity contribution in [2.75, 3.05) is 11.9 Å². The Morgan fingerprint density at radius 2 is 1.64 bits per heavy atom. The van der Waals surface area contributed by atoms with Crippen molar-refractivity contribution in [2.45, 2.75) is 56.9 Å². The predicted molar refractivity (Wildman–Crippen MR) is 112 cm³/mol.